The maximum Gasteiger partial charge on any atom is 0.324 e. The number of nitrogens with zero attached hydrogens (tertiary/aromatic N) is 2. The second kappa shape index (κ2) is 8.22. The van der Waals surface area contributed by atoms with Crippen molar-refractivity contribution >= 4 is 27.4 Å². The highest BCUT2D eigenvalue weighted by atomic mass is 32.2. The van der Waals surface area contributed by atoms with E-state index >= 15 is 0 Å². The highest BCUT2D eigenvalue weighted by Gasteiger charge is 2.27. The molecule has 2 aromatic rings. The van der Waals surface area contributed by atoms with Gasteiger partial charge >= 0.3 is 6.03 Å². The summed E-state index contributed by atoms with van der Waals surface area (Å²) in [7, 11) is -3.36. The molecule has 0 bridgehead atoms. The molecule has 1 aliphatic heterocycles. The fourth-order valence-corrected chi connectivity index (χ4v) is 3.96. The van der Waals surface area contributed by atoms with E-state index in [9.17, 15) is 13.2 Å². The third kappa shape index (κ3) is 4.65. The Morgan fingerprint density at radius 2 is 1.86 bits per heavy atom. The van der Waals surface area contributed by atoms with E-state index in [0.29, 0.717) is 31.0 Å². The molecule has 6 nitrogen and oxygen atoms in total. The van der Waals surface area contributed by atoms with Crippen LogP contribution < -0.4 is 9.62 Å². The molecule has 7 heteroatoms. The first-order chi connectivity index (χ1) is 13.3. The van der Waals surface area contributed by atoms with Crippen LogP contribution in [0, 0.1) is 13.8 Å². The Morgan fingerprint density at radius 1 is 1.07 bits per heavy atom. The van der Waals surface area contributed by atoms with Gasteiger partial charge in [-0.2, -0.15) is 0 Å². The topological polar surface area (TPSA) is 69.7 Å². The largest absolute Gasteiger partial charge is 0.324 e. The Kier molecular flexibility index (Phi) is 5.93. The number of aryl methyl sites for hydroxylation is 2. The van der Waals surface area contributed by atoms with Crippen molar-refractivity contribution in [1.29, 1.82) is 0 Å². The molecule has 0 unspecified atom stereocenters. The average molecular weight is 402 g/mol. The summed E-state index contributed by atoms with van der Waals surface area (Å²) >= 11 is 0. The summed E-state index contributed by atoms with van der Waals surface area (Å²) in [5, 5.41) is 0. The lowest BCUT2D eigenvalue weighted by Crippen LogP contribution is -2.49. The number of amides is 2. The van der Waals surface area contributed by atoms with Crippen LogP contribution in [0.5, 0.6) is 0 Å². The molecular formula is C21H27N3O3S. The first kappa shape index (κ1) is 20.2. The molecule has 1 saturated heterocycles. The van der Waals surface area contributed by atoms with E-state index in [1.807, 2.05) is 11.0 Å². The van der Waals surface area contributed by atoms with Gasteiger partial charge in [-0.25, -0.2) is 13.2 Å². The predicted octanol–water partition coefficient (Wildman–Crippen LogP) is 3.90. The van der Waals surface area contributed by atoms with Gasteiger partial charge in [0.05, 0.1) is 11.4 Å². The van der Waals surface area contributed by atoms with Crippen LogP contribution in [0.25, 0.3) is 0 Å². The zero-order valence-corrected chi connectivity index (χ0v) is 17.4. The van der Waals surface area contributed by atoms with Gasteiger partial charge in [0.25, 0.3) is 0 Å². The van der Waals surface area contributed by atoms with Crippen molar-refractivity contribution in [2.45, 2.75) is 33.7 Å². The van der Waals surface area contributed by atoms with Gasteiger partial charge in [-0.3, -0.25) is 9.62 Å². The summed E-state index contributed by atoms with van der Waals surface area (Å²) in [5.74, 6) is 0.00347. The van der Waals surface area contributed by atoms with Crippen molar-refractivity contribution < 1.29 is 13.2 Å². The second-order valence-corrected chi connectivity index (χ2v) is 9.21. The summed E-state index contributed by atoms with van der Waals surface area (Å²) < 4.78 is 26.2. The Hall–Kier alpha value is -2.54. The first-order valence-electron chi connectivity index (χ1n) is 9.52. The summed E-state index contributed by atoms with van der Waals surface area (Å²) in [5.41, 5.74) is 4.68. The van der Waals surface area contributed by atoms with Crippen LogP contribution in [-0.2, 0) is 16.6 Å². The molecule has 0 aliphatic carbocycles. The zero-order chi connectivity index (χ0) is 20.3. The molecule has 1 fully saturated rings. The molecule has 2 amide bonds. The van der Waals surface area contributed by atoms with Crippen LogP contribution in [0.1, 0.15) is 30.0 Å². The Labute approximate surface area is 167 Å². The molecule has 0 spiro atoms. The average Bonchev–Trinajstić information content (AvgIpc) is 2.66. The number of hydrogen-bond donors (Lipinski definition) is 1. The normalized spacial score (nSPS) is 15.0. The van der Waals surface area contributed by atoms with Crippen LogP contribution in [0.2, 0.25) is 0 Å². The minimum absolute atomic E-state index is 0.00347. The molecule has 0 radical (unpaired) electrons. The van der Waals surface area contributed by atoms with E-state index in [1.165, 1.54) is 11.1 Å². The SMILES string of the molecule is CCS(=O)(=O)Nc1cccc(N2CCCN(Cc3cc(C)ccc3C)C2=O)c1. The molecular weight excluding hydrogens is 374 g/mol. The molecule has 0 atom stereocenters. The van der Waals surface area contributed by atoms with Gasteiger partial charge in [0, 0.05) is 25.3 Å². The molecule has 150 valence electrons. The van der Waals surface area contributed by atoms with Gasteiger partial charge in [0.1, 0.15) is 0 Å². The van der Waals surface area contributed by atoms with Crippen LogP contribution in [-0.4, -0.2) is 38.2 Å². The molecule has 0 aromatic heterocycles. The number of carbonyl (C=O) groups is 1. The number of nitrogens with one attached hydrogen (secondary N) is 1. The van der Waals surface area contributed by atoms with E-state index in [4.69, 9.17) is 0 Å². The van der Waals surface area contributed by atoms with E-state index < -0.39 is 10.0 Å². The van der Waals surface area contributed by atoms with Gasteiger partial charge < -0.3 is 4.90 Å². The van der Waals surface area contributed by atoms with E-state index in [1.54, 1.807) is 30.0 Å². The molecule has 2 aromatic carbocycles. The maximum atomic E-state index is 13.1. The highest BCUT2D eigenvalue weighted by Crippen LogP contribution is 2.25. The maximum absolute atomic E-state index is 13.1. The fourth-order valence-electron chi connectivity index (χ4n) is 3.33. The number of hydrogen-bond acceptors (Lipinski definition) is 3. The van der Waals surface area contributed by atoms with Gasteiger partial charge in [-0.1, -0.05) is 29.8 Å². The van der Waals surface area contributed by atoms with Gasteiger partial charge in [-0.05, 0) is 56.5 Å². The number of sulfonamides is 1. The van der Waals surface area contributed by atoms with Gasteiger partial charge in [-0.15, -0.1) is 0 Å². The van der Waals surface area contributed by atoms with Gasteiger partial charge in [0.15, 0.2) is 0 Å². The molecule has 28 heavy (non-hydrogen) atoms. The third-order valence-electron chi connectivity index (χ3n) is 4.99. The Balaban J connectivity index is 1.80. The molecule has 3 rings (SSSR count). The van der Waals surface area contributed by atoms with Crippen molar-refractivity contribution in [3.8, 4) is 0 Å². The van der Waals surface area contributed by atoms with Gasteiger partial charge in [0.2, 0.25) is 10.0 Å². The van der Waals surface area contributed by atoms with Crippen LogP contribution in [0.15, 0.2) is 42.5 Å². The smallest absolute Gasteiger partial charge is 0.320 e. The number of rotatable bonds is 6. The summed E-state index contributed by atoms with van der Waals surface area (Å²) in [6, 6.07) is 13.2. The van der Waals surface area contributed by atoms with Crippen LogP contribution in [0.4, 0.5) is 16.2 Å². The molecule has 1 aliphatic rings. The lowest BCUT2D eigenvalue weighted by atomic mass is 10.0. The predicted molar refractivity (Wildman–Crippen MR) is 113 cm³/mol. The third-order valence-corrected chi connectivity index (χ3v) is 6.30. The summed E-state index contributed by atoms with van der Waals surface area (Å²) in [6.07, 6.45) is 0.863. The molecule has 1 heterocycles. The first-order valence-corrected chi connectivity index (χ1v) is 11.2. The van der Waals surface area contributed by atoms with Crippen molar-refractivity contribution in [3.63, 3.8) is 0 Å². The van der Waals surface area contributed by atoms with Crippen LogP contribution >= 0.6 is 0 Å². The van der Waals surface area contributed by atoms with E-state index in [0.717, 1.165) is 12.0 Å². The minimum Gasteiger partial charge on any atom is -0.320 e. The van der Waals surface area contributed by atoms with E-state index in [-0.39, 0.29) is 11.8 Å². The van der Waals surface area contributed by atoms with E-state index in [2.05, 4.69) is 36.8 Å². The van der Waals surface area contributed by atoms with Crippen molar-refractivity contribution in [2.24, 2.45) is 0 Å². The number of urea groups is 1. The quantitative estimate of drug-likeness (QED) is 0.798. The van der Waals surface area contributed by atoms with Crippen molar-refractivity contribution in [3.05, 3.63) is 59.2 Å². The standard InChI is InChI=1S/C21H27N3O3S/c1-4-28(26,27)22-19-7-5-8-20(14-19)24-12-6-11-23(21(24)25)15-18-13-16(2)9-10-17(18)3/h5,7-10,13-14,22H,4,6,11-12,15H2,1-3H3. The molecule has 0 saturated carbocycles. The zero-order valence-electron chi connectivity index (χ0n) is 16.6. The lowest BCUT2D eigenvalue weighted by Gasteiger charge is -2.36. The number of anilines is 2. The van der Waals surface area contributed by atoms with Crippen molar-refractivity contribution in [1.82, 2.24) is 4.90 Å². The number of carbonyl (C=O) groups excluding carboxylic acids is 1. The Bertz CT molecular complexity index is 973. The Morgan fingerprint density at radius 3 is 2.61 bits per heavy atom. The van der Waals surface area contributed by atoms with Crippen LogP contribution in [0.3, 0.4) is 0 Å². The fraction of sp³-hybridized carbons (Fsp3) is 0.381. The lowest BCUT2D eigenvalue weighted by molar-refractivity contribution is 0.192. The highest BCUT2D eigenvalue weighted by molar-refractivity contribution is 7.92. The summed E-state index contributed by atoms with van der Waals surface area (Å²) in [4.78, 5) is 16.7. The second-order valence-electron chi connectivity index (χ2n) is 7.20. The molecule has 1 N–H and O–H groups in total. The number of benzene rings is 2. The summed E-state index contributed by atoms with van der Waals surface area (Å²) in [6.45, 7) is 7.61. The monoisotopic (exact) mass is 401 g/mol. The van der Waals surface area contributed by atoms with Crippen molar-refractivity contribution in [2.75, 3.05) is 28.5 Å². The minimum atomic E-state index is -3.36.